The molecule has 0 N–H and O–H groups in total. The summed E-state index contributed by atoms with van der Waals surface area (Å²) in [6.07, 6.45) is 4.27. The van der Waals surface area contributed by atoms with Crippen LogP contribution < -0.4 is 0 Å². The van der Waals surface area contributed by atoms with Crippen LogP contribution >= 0.6 is 15.9 Å². The van der Waals surface area contributed by atoms with Crippen molar-refractivity contribution in [3.05, 3.63) is 17.5 Å². The van der Waals surface area contributed by atoms with Crippen LogP contribution in [0.3, 0.4) is 0 Å². The highest BCUT2D eigenvalue weighted by Gasteiger charge is 2.01. The largest absolute Gasteiger partial charge is 0.273 e. The molecule has 1 rings (SSSR count). The molecule has 0 atom stereocenters. The molecule has 11 heavy (non-hydrogen) atoms. The van der Waals surface area contributed by atoms with Gasteiger partial charge in [0.25, 0.3) is 0 Å². The third-order valence-electron chi connectivity index (χ3n) is 1.92. The third-order valence-corrected chi connectivity index (χ3v) is 2.48. The van der Waals surface area contributed by atoms with Crippen molar-refractivity contribution in [1.82, 2.24) is 9.78 Å². The van der Waals surface area contributed by atoms with Crippen molar-refractivity contribution < 1.29 is 0 Å². The molecule has 1 aromatic rings. The molecular weight excluding hydrogens is 204 g/mol. The van der Waals surface area contributed by atoms with Gasteiger partial charge in [-0.2, -0.15) is 5.10 Å². The molecule has 1 heterocycles. The summed E-state index contributed by atoms with van der Waals surface area (Å²) >= 11 is 3.41. The van der Waals surface area contributed by atoms with Gasteiger partial charge in [0.15, 0.2) is 0 Å². The Kier molecular flexibility index (Phi) is 3.12. The molecule has 3 heteroatoms. The Morgan fingerprint density at radius 2 is 2.36 bits per heavy atom. The van der Waals surface area contributed by atoms with Gasteiger partial charge < -0.3 is 0 Å². The molecule has 1 aromatic heterocycles. The van der Waals surface area contributed by atoms with E-state index in [1.165, 1.54) is 17.7 Å². The lowest BCUT2D eigenvalue weighted by Gasteiger charge is -1.97. The highest BCUT2D eigenvalue weighted by molar-refractivity contribution is 9.09. The first-order chi connectivity index (χ1) is 5.25. The van der Waals surface area contributed by atoms with Crippen molar-refractivity contribution in [1.29, 1.82) is 0 Å². The van der Waals surface area contributed by atoms with Gasteiger partial charge in [-0.3, -0.25) is 4.68 Å². The van der Waals surface area contributed by atoms with Crippen LogP contribution in [0.2, 0.25) is 0 Å². The van der Waals surface area contributed by atoms with Gasteiger partial charge in [-0.05, 0) is 25.3 Å². The van der Waals surface area contributed by atoms with Gasteiger partial charge in [-0.15, -0.1) is 0 Å². The minimum absolute atomic E-state index is 1.07. The van der Waals surface area contributed by atoms with E-state index in [0.717, 1.165) is 11.8 Å². The minimum atomic E-state index is 1.07. The van der Waals surface area contributed by atoms with E-state index in [0.29, 0.717) is 0 Å². The highest BCUT2D eigenvalue weighted by Crippen LogP contribution is 2.08. The molecule has 2 nitrogen and oxygen atoms in total. The lowest BCUT2D eigenvalue weighted by molar-refractivity contribution is 0.737. The van der Waals surface area contributed by atoms with Crippen LogP contribution in [-0.4, -0.2) is 15.1 Å². The van der Waals surface area contributed by atoms with Crippen molar-refractivity contribution in [2.75, 3.05) is 5.33 Å². The molecule has 0 fully saturated rings. The summed E-state index contributed by atoms with van der Waals surface area (Å²) in [5.41, 5.74) is 2.65. The van der Waals surface area contributed by atoms with E-state index in [2.05, 4.69) is 28.0 Å². The normalized spacial score (nSPS) is 10.5. The van der Waals surface area contributed by atoms with E-state index < -0.39 is 0 Å². The van der Waals surface area contributed by atoms with Crippen LogP contribution in [0.5, 0.6) is 0 Å². The predicted octanol–water partition coefficient (Wildman–Crippen LogP) is 2.06. The topological polar surface area (TPSA) is 17.8 Å². The SMILES string of the molecule is Cc1c(CCCBr)cnn1C. The van der Waals surface area contributed by atoms with Crippen molar-refractivity contribution in [3.8, 4) is 0 Å². The van der Waals surface area contributed by atoms with Crippen molar-refractivity contribution in [3.63, 3.8) is 0 Å². The number of hydrogen-bond acceptors (Lipinski definition) is 1. The zero-order valence-corrected chi connectivity index (χ0v) is 8.56. The lowest BCUT2D eigenvalue weighted by Crippen LogP contribution is -1.94. The fourth-order valence-corrected chi connectivity index (χ4v) is 1.33. The van der Waals surface area contributed by atoms with Gasteiger partial charge in [-0.25, -0.2) is 0 Å². The van der Waals surface area contributed by atoms with E-state index in [1.54, 1.807) is 0 Å². The predicted molar refractivity (Wildman–Crippen MR) is 50.1 cm³/mol. The molecule has 0 aromatic carbocycles. The van der Waals surface area contributed by atoms with Crippen LogP contribution in [0, 0.1) is 6.92 Å². The van der Waals surface area contributed by atoms with Gasteiger partial charge in [0.1, 0.15) is 0 Å². The number of aryl methyl sites for hydroxylation is 2. The Labute approximate surface area is 75.7 Å². The minimum Gasteiger partial charge on any atom is -0.273 e. The Morgan fingerprint density at radius 1 is 1.64 bits per heavy atom. The number of aromatic nitrogens is 2. The molecule has 0 saturated carbocycles. The maximum Gasteiger partial charge on any atom is 0.0524 e. The van der Waals surface area contributed by atoms with Gasteiger partial charge in [0, 0.05) is 18.1 Å². The fraction of sp³-hybridized carbons (Fsp3) is 0.625. The molecule has 0 aliphatic heterocycles. The van der Waals surface area contributed by atoms with Gasteiger partial charge >= 0.3 is 0 Å². The molecule has 0 saturated heterocycles. The molecule has 0 aliphatic rings. The van der Waals surface area contributed by atoms with Crippen LogP contribution in [0.1, 0.15) is 17.7 Å². The summed E-state index contributed by atoms with van der Waals surface area (Å²) in [6, 6.07) is 0. The fourth-order valence-electron chi connectivity index (χ4n) is 1.05. The maximum absolute atomic E-state index is 4.17. The average molecular weight is 217 g/mol. The Bertz CT molecular complexity index is 230. The number of nitrogens with zero attached hydrogens (tertiary/aromatic N) is 2. The Balaban J connectivity index is 2.63. The summed E-state index contributed by atoms with van der Waals surface area (Å²) in [5, 5.41) is 5.24. The Hall–Kier alpha value is -0.310. The molecule has 62 valence electrons. The summed E-state index contributed by atoms with van der Waals surface area (Å²) in [6.45, 7) is 2.11. The van der Waals surface area contributed by atoms with E-state index in [9.17, 15) is 0 Å². The van der Waals surface area contributed by atoms with Crippen LogP contribution in [0.4, 0.5) is 0 Å². The summed E-state index contributed by atoms with van der Waals surface area (Å²) < 4.78 is 1.92. The van der Waals surface area contributed by atoms with Crippen LogP contribution in [0.15, 0.2) is 6.20 Å². The van der Waals surface area contributed by atoms with Crippen LogP contribution in [-0.2, 0) is 13.5 Å². The molecule has 0 aliphatic carbocycles. The zero-order valence-electron chi connectivity index (χ0n) is 6.97. The van der Waals surface area contributed by atoms with Crippen molar-refractivity contribution >= 4 is 15.9 Å². The first-order valence-corrected chi connectivity index (χ1v) is 4.91. The number of halogens is 1. The summed E-state index contributed by atoms with van der Waals surface area (Å²) in [5.74, 6) is 0. The standard InChI is InChI=1S/C8H13BrN2/c1-7-8(4-3-5-9)6-10-11(7)2/h6H,3-5H2,1-2H3. The first kappa shape index (κ1) is 8.78. The molecule has 0 radical (unpaired) electrons. The second-order valence-corrected chi connectivity index (χ2v) is 3.46. The quantitative estimate of drug-likeness (QED) is 0.708. The van der Waals surface area contributed by atoms with Crippen molar-refractivity contribution in [2.24, 2.45) is 7.05 Å². The van der Waals surface area contributed by atoms with E-state index in [-0.39, 0.29) is 0 Å². The number of hydrogen-bond donors (Lipinski definition) is 0. The third kappa shape index (κ3) is 2.06. The van der Waals surface area contributed by atoms with E-state index in [1.807, 2.05) is 17.9 Å². The second kappa shape index (κ2) is 3.90. The Morgan fingerprint density at radius 3 is 2.82 bits per heavy atom. The summed E-state index contributed by atoms with van der Waals surface area (Å²) in [7, 11) is 1.98. The van der Waals surface area contributed by atoms with Crippen LogP contribution in [0.25, 0.3) is 0 Å². The number of rotatable bonds is 3. The molecular formula is C8H13BrN2. The van der Waals surface area contributed by atoms with E-state index in [4.69, 9.17) is 0 Å². The molecule has 0 amide bonds. The highest BCUT2D eigenvalue weighted by atomic mass is 79.9. The molecule has 0 unspecified atom stereocenters. The van der Waals surface area contributed by atoms with Crippen molar-refractivity contribution in [2.45, 2.75) is 19.8 Å². The molecule has 0 spiro atoms. The van der Waals surface area contributed by atoms with E-state index >= 15 is 0 Å². The monoisotopic (exact) mass is 216 g/mol. The van der Waals surface area contributed by atoms with Gasteiger partial charge in [-0.1, -0.05) is 15.9 Å². The zero-order chi connectivity index (χ0) is 8.27. The first-order valence-electron chi connectivity index (χ1n) is 3.79. The average Bonchev–Trinajstić information content (AvgIpc) is 2.31. The number of alkyl halides is 1. The molecule has 0 bridgehead atoms. The maximum atomic E-state index is 4.17. The lowest BCUT2D eigenvalue weighted by atomic mass is 10.1. The smallest absolute Gasteiger partial charge is 0.0524 e. The summed E-state index contributed by atoms with van der Waals surface area (Å²) in [4.78, 5) is 0. The van der Waals surface area contributed by atoms with Gasteiger partial charge in [0.05, 0.1) is 6.20 Å². The second-order valence-electron chi connectivity index (χ2n) is 2.67. The van der Waals surface area contributed by atoms with Gasteiger partial charge in [0.2, 0.25) is 0 Å².